The molecule has 118 valence electrons. The van der Waals surface area contributed by atoms with Gasteiger partial charge in [-0.25, -0.2) is 4.79 Å². The quantitative estimate of drug-likeness (QED) is 0.639. The molecule has 1 rings (SSSR count). The molecule has 2 N–H and O–H groups in total. The summed E-state index contributed by atoms with van der Waals surface area (Å²) in [5.74, 6) is 0. The molecule has 1 saturated carbocycles. The van der Waals surface area contributed by atoms with Crippen molar-refractivity contribution < 1.29 is 4.79 Å². The van der Waals surface area contributed by atoms with Crippen LogP contribution in [0.4, 0.5) is 4.79 Å². The summed E-state index contributed by atoms with van der Waals surface area (Å²) in [7, 11) is 4.24. The van der Waals surface area contributed by atoms with E-state index in [1.807, 2.05) is 0 Å². The molecule has 4 nitrogen and oxygen atoms in total. The number of carbonyl (C=O) groups is 1. The second kappa shape index (κ2) is 11.0. The summed E-state index contributed by atoms with van der Waals surface area (Å²) in [5.41, 5.74) is 0. The zero-order chi connectivity index (χ0) is 14.6. The monoisotopic (exact) mass is 283 g/mol. The smallest absolute Gasteiger partial charge is 0.315 e. The van der Waals surface area contributed by atoms with Gasteiger partial charge in [-0.15, -0.1) is 0 Å². The van der Waals surface area contributed by atoms with Gasteiger partial charge in [0.2, 0.25) is 0 Å². The third-order valence-corrected chi connectivity index (χ3v) is 4.01. The number of nitrogens with zero attached hydrogens (tertiary/aromatic N) is 1. The molecule has 1 fully saturated rings. The minimum atomic E-state index is 0.0320. The molecule has 0 saturated heterocycles. The number of nitrogens with one attached hydrogen (secondary N) is 2. The van der Waals surface area contributed by atoms with E-state index in [0.717, 1.165) is 25.8 Å². The summed E-state index contributed by atoms with van der Waals surface area (Å²) < 4.78 is 0. The number of hydrogen-bond acceptors (Lipinski definition) is 2. The van der Waals surface area contributed by atoms with Gasteiger partial charge in [0.15, 0.2) is 0 Å². The van der Waals surface area contributed by atoms with Crippen LogP contribution in [0.1, 0.15) is 64.2 Å². The maximum atomic E-state index is 11.7. The molecule has 0 bridgehead atoms. The molecule has 0 radical (unpaired) electrons. The molecule has 1 aliphatic rings. The van der Waals surface area contributed by atoms with Crippen LogP contribution < -0.4 is 10.6 Å². The molecule has 0 unspecified atom stereocenters. The Morgan fingerprint density at radius 1 is 1.00 bits per heavy atom. The van der Waals surface area contributed by atoms with Crippen LogP contribution in [0.3, 0.4) is 0 Å². The minimum absolute atomic E-state index is 0.0320. The first-order valence-corrected chi connectivity index (χ1v) is 8.37. The fraction of sp³-hybridized carbons (Fsp3) is 0.938. The summed E-state index contributed by atoms with van der Waals surface area (Å²) in [6, 6.07) is 0.444. The number of rotatable bonds is 9. The lowest BCUT2D eigenvalue weighted by atomic mass is 9.96. The predicted octanol–water partition coefficient (Wildman–Crippen LogP) is 3.13. The molecule has 20 heavy (non-hydrogen) atoms. The fourth-order valence-electron chi connectivity index (χ4n) is 2.77. The third kappa shape index (κ3) is 9.18. The lowest BCUT2D eigenvalue weighted by molar-refractivity contribution is 0.232. The van der Waals surface area contributed by atoms with Crippen molar-refractivity contribution in [3.63, 3.8) is 0 Å². The largest absolute Gasteiger partial charge is 0.338 e. The van der Waals surface area contributed by atoms with Crippen molar-refractivity contribution in [2.45, 2.75) is 70.3 Å². The zero-order valence-corrected chi connectivity index (χ0v) is 13.4. The van der Waals surface area contributed by atoms with Gasteiger partial charge in [0, 0.05) is 12.6 Å². The standard InChI is InChI=1S/C16H33N3O/c1-19(2)14-10-5-3-4-9-13-17-16(20)18-15-11-7-6-8-12-15/h15H,3-14H2,1-2H3,(H2,17,18,20). The van der Waals surface area contributed by atoms with E-state index in [-0.39, 0.29) is 6.03 Å². The van der Waals surface area contributed by atoms with Crippen molar-refractivity contribution in [2.75, 3.05) is 27.2 Å². The Labute approximate surface area is 124 Å². The highest BCUT2D eigenvalue weighted by molar-refractivity contribution is 5.74. The summed E-state index contributed by atoms with van der Waals surface area (Å²) >= 11 is 0. The summed E-state index contributed by atoms with van der Waals surface area (Å²) in [6.07, 6.45) is 12.3. The maximum Gasteiger partial charge on any atom is 0.315 e. The lowest BCUT2D eigenvalue weighted by Gasteiger charge is -2.22. The van der Waals surface area contributed by atoms with Gasteiger partial charge in [0.1, 0.15) is 0 Å². The summed E-state index contributed by atoms with van der Waals surface area (Å²) in [4.78, 5) is 13.9. The molecule has 2 amide bonds. The Morgan fingerprint density at radius 2 is 1.65 bits per heavy atom. The van der Waals surface area contributed by atoms with E-state index in [0.29, 0.717) is 6.04 Å². The van der Waals surface area contributed by atoms with E-state index >= 15 is 0 Å². The number of hydrogen-bond donors (Lipinski definition) is 2. The first-order valence-electron chi connectivity index (χ1n) is 8.37. The predicted molar refractivity (Wildman–Crippen MR) is 85.0 cm³/mol. The Balaban J connectivity index is 1.86. The molecular formula is C16H33N3O. The van der Waals surface area contributed by atoms with Gasteiger partial charge in [0.05, 0.1) is 0 Å². The van der Waals surface area contributed by atoms with Crippen LogP contribution in [0, 0.1) is 0 Å². The van der Waals surface area contributed by atoms with Crippen LogP contribution in [-0.4, -0.2) is 44.2 Å². The van der Waals surface area contributed by atoms with E-state index in [9.17, 15) is 4.79 Å². The van der Waals surface area contributed by atoms with Gasteiger partial charge in [-0.3, -0.25) is 0 Å². The molecule has 0 aromatic carbocycles. The molecule has 0 aromatic rings. The summed E-state index contributed by atoms with van der Waals surface area (Å²) in [5, 5.41) is 6.07. The molecule has 0 spiro atoms. The highest BCUT2D eigenvalue weighted by Gasteiger charge is 2.14. The third-order valence-electron chi connectivity index (χ3n) is 4.01. The van der Waals surface area contributed by atoms with Crippen molar-refractivity contribution in [2.24, 2.45) is 0 Å². The first-order chi connectivity index (χ1) is 9.68. The van der Waals surface area contributed by atoms with Crippen LogP contribution in [0.2, 0.25) is 0 Å². The van der Waals surface area contributed by atoms with Gasteiger partial charge >= 0.3 is 6.03 Å². The molecule has 0 atom stereocenters. The number of amides is 2. The van der Waals surface area contributed by atoms with Gasteiger partial charge in [-0.05, 0) is 46.3 Å². The molecule has 0 heterocycles. The van der Waals surface area contributed by atoms with Crippen molar-refractivity contribution >= 4 is 6.03 Å². The van der Waals surface area contributed by atoms with Crippen molar-refractivity contribution in [1.82, 2.24) is 15.5 Å². The molecular weight excluding hydrogens is 250 g/mol. The highest BCUT2D eigenvalue weighted by Crippen LogP contribution is 2.17. The Kier molecular flexibility index (Phi) is 9.46. The minimum Gasteiger partial charge on any atom is -0.338 e. The Morgan fingerprint density at radius 3 is 2.35 bits per heavy atom. The first kappa shape index (κ1) is 17.3. The second-order valence-electron chi connectivity index (χ2n) is 6.31. The van der Waals surface area contributed by atoms with Gasteiger partial charge in [0.25, 0.3) is 0 Å². The fourth-order valence-corrected chi connectivity index (χ4v) is 2.77. The zero-order valence-electron chi connectivity index (χ0n) is 13.4. The van der Waals surface area contributed by atoms with Crippen molar-refractivity contribution in [1.29, 1.82) is 0 Å². The average molecular weight is 283 g/mol. The molecule has 0 aromatic heterocycles. The van der Waals surface area contributed by atoms with E-state index < -0.39 is 0 Å². The average Bonchev–Trinajstić information content (AvgIpc) is 2.42. The molecule has 4 heteroatoms. The molecule has 1 aliphatic carbocycles. The maximum absolute atomic E-state index is 11.7. The van der Waals surface area contributed by atoms with Gasteiger partial charge in [-0.2, -0.15) is 0 Å². The lowest BCUT2D eigenvalue weighted by Crippen LogP contribution is -2.43. The van der Waals surface area contributed by atoms with E-state index in [1.165, 1.54) is 51.5 Å². The van der Waals surface area contributed by atoms with E-state index in [2.05, 4.69) is 29.6 Å². The summed E-state index contributed by atoms with van der Waals surface area (Å²) in [6.45, 7) is 1.99. The van der Waals surface area contributed by atoms with E-state index in [1.54, 1.807) is 0 Å². The van der Waals surface area contributed by atoms with Crippen LogP contribution in [0.25, 0.3) is 0 Å². The Bertz CT molecular complexity index is 250. The number of urea groups is 1. The van der Waals surface area contributed by atoms with Crippen LogP contribution >= 0.6 is 0 Å². The second-order valence-corrected chi connectivity index (χ2v) is 6.31. The van der Waals surface area contributed by atoms with Gasteiger partial charge in [-0.1, -0.05) is 38.5 Å². The number of carbonyl (C=O) groups excluding carboxylic acids is 1. The van der Waals surface area contributed by atoms with E-state index in [4.69, 9.17) is 0 Å². The van der Waals surface area contributed by atoms with Crippen LogP contribution in [-0.2, 0) is 0 Å². The molecule has 0 aliphatic heterocycles. The number of unbranched alkanes of at least 4 members (excludes halogenated alkanes) is 4. The SMILES string of the molecule is CN(C)CCCCCCCNC(=O)NC1CCCCC1. The topological polar surface area (TPSA) is 44.4 Å². The Hall–Kier alpha value is -0.770. The normalized spacial score (nSPS) is 16.4. The van der Waals surface area contributed by atoms with Gasteiger partial charge < -0.3 is 15.5 Å². The highest BCUT2D eigenvalue weighted by atomic mass is 16.2. The van der Waals surface area contributed by atoms with Crippen LogP contribution in [0.5, 0.6) is 0 Å². The van der Waals surface area contributed by atoms with Crippen LogP contribution in [0.15, 0.2) is 0 Å². The van der Waals surface area contributed by atoms with Crippen molar-refractivity contribution in [3.05, 3.63) is 0 Å². The van der Waals surface area contributed by atoms with Crippen molar-refractivity contribution in [3.8, 4) is 0 Å².